The minimum absolute atomic E-state index is 0.0412. The lowest BCUT2D eigenvalue weighted by molar-refractivity contribution is -0.128. The van der Waals surface area contributed by atoms with Crippen molar-refractivity contribution in [3.8, 4) is 5.75 Å². The van der Waals surface area contributed by atoms with E-state index < -0.39 is 6.10 Å². The summed E-state index contributed by atoms with van der Waals surface area (Å²) in [5, 5.41) is 3.00. The summed E-state index contributed by atoms with van der Waals surface area (Å²) in [6.07, 6.45) is 2.08. The van der Waals surface area contributed by atoms with Gasteiger partial charge in [-0.05, 0) is 47.9 Å². The first-order chi connectivity index (χ1) is 12.4. The first-order valence-electron chi connectivity index (χ1n) is 9.49. The SMILES string of the molecule is CCC(Oc1ccc(C(C)(C)C)cc1)C(=O)NCCCc1ccccc1. The Hall–Kier alpha value is -2.29. The molecule has 0 spiro atoms. The summed E-state index contributed by atoms with van der Waals surface area (Å²) in [6.45, 7) is 9.18. The third-order valence-electron chi connectivity index (χ3n) is 4.45. The molecule has 0 bridgehead atoms. The highest BCUT2D eigenvalue weighted by Gasteiger charge is 2.18. The smallest absolute Gasteiger partial charge is 0.261 e. The van der Waals surface area contributed by atoms with Gasteiger partial charge in [-0.1, -0.05) is 70.2 Å². The van der Waals surface area contributed by atoms with Crippen molar-refractivity contribution in [2.24, 2.45) is 0 Å². The van der Waals surface area contributed by atoms with E-state index in [1.807, 2.05) is 37.3 Å². The molecular formula is C23H31NO2. The first-order valence-corrected chi connectivity index (χ1v) is 9.49. The Balaban J connectivity index is 1.80. The van der Waals surface area contributed by atoms with Crippen molar-refractivity contribution in [2.75, 3.05) is 6.54 Å². The molecule has 0 saturated carbocycles. The normalized spacial score (nSPS) is 12.5. The molecule has 0 heterocycles. The summed E-state index contributed by atoms with van der Waals surface area (Å²) in [4.78, 5) is 12.4. The minimum atomic E-state index is -0.452. The lowest BCUT2D eigenvalue weighted by Crippen LogP contribution is -2.38. The molecule has 0 aliphatic rings. The van der Waals surface area contributed by atoms with Gasteiger partial charge in [-0.3, -0.25) is 4.79 Å². The highest BCUT2D eigenvalue weighted by Crippen LogP contribution is 2.24. The highest BCUT2D eigenvalue weighted by atomic mass is 16.5. The highest BCUT2D eigenvalue weighted by molar-refractivity contribution is 5.81. The Kier molecular flexibility index (Phi) is 7.26. The van der Waals surface area contributed by atoms with Crippen LogP contribution in [0.4, 0.5) is 0 Å². The van der Waals surface area contributed by atoms with Gasteiger partial charge in [0.1, 0.15) is 5.75 Å². The molecule has 26 heavy (non-hydrogen) atoms. The number of amides is 1. The van der Waals surface area contributed by atoms with E-state index in [0.717, 1.165) is 18.6 Å². The average Bonchev–Trinajstić information content (AvgIpc) is 2.63. The van der Waals surface area contributed by atoms with Crippen LogP contribution < -0.4 is 10.1 Å². The Morgan fingerprint density at radius 1 is 1.04 bits per heavy atom. The van der Waals surface area contributed by atoms with Crippen molar-refractivity contribution in [2.45, 2.75) is 58.5 Å². The van der Waals surface area contributed by atoms with Crippen LogP contribution in [0.2, 0.25) is 0 Å². The number of rotatable bonds is 8. The summed E-state index contributed by atoms with van der Waals surface area (Å²) in [5.74, 6) is 0.699. The maximum atomic E-state index is 12.4. The summed E-state index contributed by atoms with van der Waals surface area (Å²) in [7, 11) is 0. The number of carbonyl (C=O) groups is 1. The topological polar surface area (TPSA) is 38.3 Å². The third-order valence-corrected chi connectivity index (χ3v) is 4.45. The van der Waals surface area contributed by atoms with Crippen molar-refractivity contribution < 1.29 is 9.53 Å². The van der Waals surface area contributed by atoms with Gasteiger partial charge in [-0.2, -0.15) is 0 Å². The monoisotopic (exact) mass is 353 g/mol. The predicted octanol–water partition coefficient (Wildman–Crippen LogP) is 4.89. The number of hydrogen-bond donors (Lipinski definition) is 1. The molecule has 0 radical (unpaired) electrons. The van der Waals surface area contributed by atoms with Crippen LogP contribution in [0.25, 0.3) is 0 Å². The van der Waals surface area contributed by atoms with Crippen LogP contribution in [0.15, 0.2) is 54.6 Å². The van der Waals surface area contributed by atoms with Crippen molar-refractivity contribution in [3.63, 3.8) is 0 Å². The van der Waals surface area contributed by atoms with E-state index in [1.165, 1.54) is 11.1 Å². The lowest BCUT2D eigenvalue weighted by Gasteiger charge is -2.21. The number of nitrogens with one attached hydrogen (secondary N) is 1. The molecule has 1 N–H and O–H groups in total. The Morgan fingerprint density at radius 2 is 1.69 bits per heavy atom. The molecule has 140 valence electrons. The van der Waals surface area contributed by atoms with Gasteiger partial charge in [0.2, 0.25) is 0 Å². The zero-order valence-electron chi connectivity index (χ0n) is 16.4. The fourth-order valence-electron chi connectivity index (χ4n) is 2.78. The van der Waals surface area contributed by atoms with Gasteiger partial charge in [0.15, 0.2) is 6.10 Å². The second-order valence-corrected chi connectivity index (χ2v) is 7.67. The second kappa shape index (κ2) is 9.42. The third kappa shape index (κ3) is 6.21. The van der Waals surface area contributed by atoms with E-state index in [0.29, 0.717) is 13.0 Å². The number of carbonyl (C=O) groups excluding carboxylic acids is 1. The van der Waals surface area contributed by atoms with E-state index >= 15 is 0 Å². The largest absolute Gasteiger partial charge is 0.481 e. The molecule has 0 fully saturated rings. The quantitative estimate of drug-likeness (QED) is 0.686. The first kappa shape index (κ1) is 20.0. The molecule has 0 saturated heterocycles. The van der Waals surface area contributed by atoms with Crippen molar-refractivity contribution in [1.29, 1.82) is 0 Å². The van der Waals surface area contributed by atoms with Crippen molar-refractivity contribution in [3.05, 3.63) is 65.7 Å². The van der Waals surface area contributed by atoms with Crippen LogP contribution in [-0.4, -0.2) is 18.6 Å². The Bertz CT molecular complexity index is 672. The van der Waals surface area contributed by atoms with Crippen molar-refractivity contribution in [1.82, 2.24) is 5.32 Å². The van der Waals surface area contributed by atoms with E-state index in [2.05, 4.69) is 50.4 Å². The summed E-state index contributed by atoms with van der Waals surface area (Å²) >= 11 is 0. The number of aryl methyl sites for hydroxylation is 1. The second-order valence-electron chi connectivity index (χ2n) is 7.67. The molecule has 0 aliphatic carbocycles. The standard InChI is InChI=1S/C23H31NO2/c1-5-21(26-20-15-13-19(14-16-20)23(2,3)4)22(25)24-17-9-12-18-10-7-6-8-11-18/h6-8,10-11,13-16,21H,5,9,12,17H2,1-4H3,(H,24,25). The van der Waals surface area contributed by atoms with Crippen LogP contribution in [0, 0.1) is 0 Å². The molecular weight excluding hydrogens is 322 g/mol. The number of hydrogen-bond acceptors (Lipinski definition) is 2. The van der Waals surface area contributed by atoms with Crippen LogP contribution in [0.1, 0.15) is 51.7 Å². The van der Waals surface area contributed by atoms with Gasteiger partial charge >= 0.3 is 0 Å². The fraction of sp³-hybridized carbons (Fsp3) is 0.435. The maximum Gasteiger partial charge on any atom is 0.261 e. The Labute approximate surface area is 157 Å². The molecule has 2 aromatic rings. The fourth-order valence-corrected chi connectivity index (χ4v) is 2.78. The van der Waals surface area contributed by atoms with E-state index in [-0.39, 0.29) is 11.3 Å². The van der Waals surface area contributed by atoms with Gasteiger partial charge < -0.3 is 10.1 Å². The van der Waals surface area contributed by atoms with E-state index in [4.69, 9.17) is 4.74 Å². The van der Waals surface area contributed by atoms with Crippen LogP contribution in [-0.2, 0) is 16.6 Å². The van der Waals surface area contributed by atoms with Crippen LogP contribution >= 0.6 is 0 Å². The van der Waals surface area contributed by atoms with Gasteiger partial charge in [0, 0.05) is 6.54 Å². The average molecular weight is 354 g/mol. The van der Waals surface area contributed by atoms with E-state index in [9.17, 15) is 4.79 Å². The van der Waals surface area contributed by atoms with Gasteiger partial charge in [0.05, 0.1) is 0 Å². The molecule has 3 heteroatoms. The Morgan fingerprint density at radius 3 is 2.27 bits per heavy atom. The van der Waals surface area contributed by atoms with E-state index in [1.54, 1.807) is 0 Å². The zero-order chi connectivity index (χ0) is 19.0. The molecule has 0 aliphatic heterocycles. The minimum Gasteiger partial charge on any atom is -0.481 e. The molecule has 2 rings (SSSR count). The number of benzene rings is 2. The lowest BCUT2D eigenvalue weighted by atomic mass is 9.87. The molecule has 1 unspecified atom stereocenters. The molecule has 1 amide bonds. The maximum absolute atomic E-state index is 12.4. The molecule has 1 atom stereocenters. The van der Waals surface area contributed by atoms with Gasteiger partial charge in [-0.15, -0.1) is 0 Å². The predicted molar refractivity (Wildman–Crippen MR) is 108 cm³/mol. The summed E-state index contributed by atoms with van der Waals surface area (Å²) in [6, 6.07) is 18.4. The number of ether oxygens (including phenoxy) is 1. The molecule has 3 nitrogen and oxygen atoms in total. The van der Waals surface area contributed by atoms with Gasteiger partial charge in [0.25, 0.3) is 5.91 Å². The van der Waals surface area contributed by atoms with Crippen LogP contribution in [0.3, 0.4) is 0 Å². The molecule has 0 aromatic heterocycles. The molecule has 2 aromatic carbocycles. The van der Waals surface area contributed by atoms with Gasteiger partial charge in [-0.25, -0.2) is 0 Å². The van der Waals surface area contributed by atoms with Crippen LogP contribution in [0.5, 0.6) is 5.75 Å². The summed E-state index contributed by atoms with van der Waals surface area (Å²) in [5.41, 5.74) is 2.66. The summed E-state index contributed by atoms with van der Waals surface area (Å²) < 4.78 is 5.90. The zero-order valence-corrected chi connectivity index (χ0v) is 16.4. The van der Waals surface area contributed by atoms with Crippen molar-refractivity contribution >= 4 is 5.91 Å².